The molecule has 0 fully saturated rings. The Bertz CT molecular complexity index is 1280. The van der Waals surface area contributed by atoms with Crippen molar-refractivity contribution in [1.29, 1.82) is 0 Å². The fourth-order valence-corrected chi connectivity index (χ4v) is 5.21. The van der Waals surface area contributed by atoms with Gasteiger partial charge in [0, 0.05) is 11.5 Å². The van der Waals surface area contributed by atoms with Crippen LogP contribution in [0.15, 0.2) is 71.8 Å². The summed E-state index contributed by atoms with van der Waals surface area (Å²) in [5.74, 6) is 1.70. The summed E-state index contributed by atoms with van der Waals surface area (Å²) < 4.78 is 17.2. The van der Waals surface area contributed by atoms with Gasteiger partial charge in [0.15, 0.2) is 0 Å². The number of hydrogen-bond donors (Lipinski definition) is 0. The van der Waals surface area contributed by atoms with Gasteiger partial charge in [0.1, 0.15) is 18.1 Å². The molecule has 200 valence electrons. The van der Waals surface area contributed by atoms with Crippen LogP contribution in [0.4, 0.5) is 0 Å². The second kappa shape index (κ2) is 12.8. The van der Waals surface area contributed by atoms with Crippen LogP contribution < -0.4 is 9.47 Å². The molecule has 3 aromatic carbocycles. The zero-order valence-electron chi connectivity index (χ0n) is 23.4. The summed E-state index contributed by atoms with van der Waals surface area (Å²) in [6.45, 7) is 9.78. The SMILES string of the molecule is CCCCOc1ccc(C)cc1-c1ccc(COc2ccc3c(c2)CCC(=C(C)C)C3CC(=O)OC)cc1. The largest absolute Gasteiger partial charge is 0.493 e. The minimum atomic E-state index is -0.171. The lowest BCUT2D eigenvalue weighted by molar-refractivity contribution is -0.140. The molecule has 3 aromatic rings. The Hall–Kier alpha value is -3.53. The normalized spacial score (nSPS) is 14.6. The van der Waals surface area contributed by atoms with Crippen LogP contribution in [0.5, 0.6) is 11.5 Å². The molecule has 4 nitrogen and oxygen atoms in total. The Kier molecular flexibility index (Phi) is 9.28. The van der Waals surface area contributed by atoms with Crippen molar-refractivity contribution in [3.8, 4) is 22.6 Å². The van der Waals surface area contributed by atoms with Crippen LogP contribution in [0, 0.1) is 6.92 Å². The van der Waals surface area contributed by atoms with E-state index in [0.29, 0.717) is 13.0 Å². The molecular formula is C34H40O4. The molecule has 0 N–H and O–H groups in total. The third-order valence-corrected chi connectivity index (χ3v) is 7.38. The fraction of sp³-hybridized carbons (Fsp3) is 0.382. The molecule has 0 heterocycles. The van der Waals surface area contributed by atoms with E-state index >= 15 is 0 Å². The first kappa shape index (κ1) is 27.5. The molecule has 38 heavy (non-hydrogen) atoms. The van der Waals surface area contributed by atoms with Crippen LogP contribution >= 0.6 is 0 Å². The Morgan fingerprint density at radius 1 is 0.947 bits per heavy atom. The van der Waals surface area contributed by atoms with E-state index < -0.39 is 0 Å². The second-order valence-electron chi connectivity index (χ2n) is 10.4. The Balaban J connectivity index is 1.46. The van der Waals surface area contributed by atoms with Crippen LogP contribution in [-0.4, -0.2) is 19.7 Å². The van der Waals surface area contributed by atoms with E-state index in [2.05, 4.69) is 82.3 Å². The van der Waals surface area contributed by atoms with E-state index in [1.165, 1.54) is 34.9 Å². The fourth-order valence-electron chi connectivity index (χ4n) is 5.21. The smallest absolute Gasteiger partial charge is 0.306 e. The highest BCUT2D eigenvalue weighted by molar-refractivity contribution is 5.72. The van der Waals surface area contributed by atoms with Gasteiger partial charge < -0.3 is 14.2 Å². The summed E-state index contributed by atoms with van der Waals surface area (Å²) in [7, 11) is 1.46. The van der Waals surface area contributed by atoms with E-state index in [4.69, 9.17) is 14.2 Å². The molecule has 0 aromatic heterocycles. The van der Waals surface area contributed by atoms with Crippen LogP contribution in [0.2, 0.25) is 0 Å². The Morgan fingerprint density at radius 3 is 2.45 bits per heavy atom. The number of fused-ring (bicyclic) bond motifs is 1. The molecule has 1 aliphatic carbocycles. The van der Waals surface area contributed by atoms with Crippen molar-refractivity contribution < 1.29 is 19.0 Å². The molecule has 0 saturated heterocycles. The maximum Gasteiger partial charge on any atom is 0.306 e. The van der Waals surface area contributed by atoms with E-state index in [1.54, 1.807) is 0 Å². The van der Waals surface area contributed by atoms with Gasteiger partial charge in [-0.05, 0) is 86.6 Å². The van der Waals surface area contributed by atoms with Crippen molar-refractivity contribution >= 4 is 5.97 Å². The van der Waals surface area contributed by atoms with E-state index in [0.717, 1.165) is 60.5 Å². The van der Waals surface area contributed by atoms with Crippen molar-refractivity contribution in [2.75, 3.05) is 13.7 Å². The summed E-state index contributed by atoms with van der Waals surface area (Å²) in [6, 6.07) is 21.2. The number of allylic oxidation sites excluding steroid dienone is 2. The highest BCUT2D eigenvalue weighted by atomic mass is 16.5. The van der Waals surface area contributed by atoms with Gasteiger partial charge in [0.25, 0.3) is 0 Å². The van der Waals surface area contributed by atoms with Gasteiger partial charge in [-0.3, -0.25) is 4.79 Å². The topological polar surface area (TPSA) is 44.8 Å². The number of methoxy groups -OCH3 is 1. The monoisotopic (exact) mass is 512 g/mol. The van der Waals surface area contributed by atoms with E-state index in [-0.39, 0.29) is 11.9 Å². The standard InChI is InChI=1S/C34H40O4/c1-6-7-18-37-33-17-8-24(4)19-31(33)26-11-9-25(10-12-26)22-38-28-14-16-30-27(20-28)13-15-29(23(2)3)32(30)21-34(35)36-5/h8-12,14,16-17,19-20,32H,6-7,13,15,18,21-22H2,1-5H3. The van der Waals surface area contributed by atoms with Gasteiger partial charge in [0.05, 0.1) is 20.1 Å². The van der Waals surface area contributed by atoms with Crippen LogP contribution in [0.3, 0.4) is 0 Å². The van der Waals surface area contributed by atoms with E-state index in [9.17, 15) is 4.79 Å². The minimum absolute atomic E-state index is 0.0789. The predicted molar refractivity (Wildman–Crippen MR) is 154 cm³/mol. The molecule has 1 unspecified atom stereocenters. The Labute approximate surface area is 227 Å². The average molecular weight is 513 g/mol. The van der Waals surface area contributed by atoms with Crippen molar-refractivity contribution in [2.24, 2.45) is 0 Å². The number of unbranched alkanes of at least 4 members (excludes halogenated alkanes) is 1. The summed E-state index contributed by atoms with van der Waals surface area (Å²) in [5.41, 5.74) is 9.71. The molecule has 4 heteroatoms. The third kappa shape index (κ3) is 6.66. The number of rotatable bonds is 10. The van der Waals surface area contributed by atoms with Crippen molar-refractivity contribution in [3.05, 3.63) is 94.1 Å². The molecule has 1 aliphatic rings. The number of carbonyl (C=O) groups is 1. The number of esters is 1. The first-order valence-corrected chi connectivity index (χ1v) is 13.7. The molecule has 0 radical (unpaired) electrons. The molecule has 0 bridgehead atoms. The zero-order chi connectivity index (χ0) is 27.1. The third-order valence-electron chi connectivity index (χ3n) is 7.38. The molecule has 1 atom stereocenters. The average Bonchev–Trinajstić information content (AvgIpc) is 2.92. The maximum atomic E-state index is 12.1. The second-order valence-corrected chi connectivity index (χ2v) is 10.4. The quantitative estimate of drug-likeness (QED) is 0.156. The van der Waals surface area contributed by atoms with Gasteiger partial charge in [-0.1, -0.05) is 66.5 Å². The van der Waals surface area contributed by atoms with Gasteiger partial charge in [-0.15, -0.1) is 0 Å². The molecule has 4 rings (SSSR count). The maximum absolute atomic E-state index is 12.1. The summed E-state index contributed by atoms with van der Waals surface area (Å²) in [6.07, 6.45) is 4.46. The Morgan fingerprint density at radius 2 is 1.74 bits per heavy atom. The molecule has 0 spiro atoms. The molecule has 0 amide bonds. The predicted octanol–water partition coefficient (Wildman–Crippen LogP) is 8.35. The van der Waals surface area contributed by atoms with Gasteiger partial charge in [-0.2, -0.15) is 0 Å². The lowest BCUT2D eigenvalue weighted by Gasteiger charge is -2.29. The van der Waals surface area contributed by atoms with Crippen molar-refractivity contribution in [1.82, 2.24) is 0 Å². The van der Waals surface area contributed by atoms with E-state index in [1.807, 2.05) is 6.07 Å². The van der Waals surface area contributed by atoms with Crippen LogP contribution in [0.1, 0.15) is 74.6 Å². The van der Waals surface area contributed by atoms with Crippen LogP contribution in [0.25, 0.3) is 11.1 Å². The number of aryl methyl sites for hydroxylation is 2. The lowest BCUT2D eigenvalue weighted by Crippen LogP contribution is -2.18. The molecule has 0 saturated carbocycles. The summed E-state index contributed by atoms with van der Waals surface area (Å²) >= 11 is 0. The van der Waals surface area contributed by atoms with Gasteiger partial charge >= 0.3 is 5.97 Å². The molecule has 0 aliphatic heterocycles. The lowest BCUT2D eigenvalue weighted by atomic mass is 9.76. The minimum Gasteiger partial charge on any atom is -0.493 e. The number of ether oxygens (including phenoxy) is 3. The van der Waals surface area contributed by atoms with Crippen molar-refractivity contribution in [2.45, 2.75) is 72.3 Å². The highest BCUT2D eigenvalue weighted by Gasteiger charge is 2.28. The first-order valence-electron chi connectivity index (χ1n) is 13.7. The van der Waals surface area contributed by atoms with Gasteiger partial charge in [0.2, 0.25) is 0 Å². The molecular weight excluding hydrogens is 472 g/mol. The number of hydrogen-bond acceptors (Lipinski definition) is 4. The zero-order valence-corrected chi connectivity index (χ0v) is 23.4. The first-order chi connectivity index (χ1) is 18.4. The highest BCUT2D eigenvalue weighted by Crippen LogP contribution is 2.41. The van der Waals surface area contributed by atoms with Crippen LogP contribution in [-0.2, 0) is 22.6 Å². The summed E-state index contributed by atoms with van der Waals surface area (Å²) in [4.78, 5) is 12.1. The van der Waals surface area contributed by atoms with Crippen molar-refractivity contribution in [3.63, 3.8) is 0 Å². The van der Waals surface area contributed by atoms with Gasteiger partial charge in [-0.25, -0.2) is 0 Å². The number of benzene rings is 3. The summed E-state index contributed by atoms with van der Waals surface area (Å²) in [5, 5.41) is 0. The number of carbonyl (C=O) groups excluding carboxylic acids is 1.